The maximum absolute atomic E-state index is 12.6. The van der Waals surface area contributed by atoms with Crippen LogP contribution in [0.1, 0.15) is 104 Å². The molecule has 0 unspecified atom stereocenters. The van der Waals surface area contributed by atoms with Gasteiger partial charge in [0.25, 0.3) is 0 Å². The Balaban J connectivity index is 0.000000131. The molecule has 0 bridgehead atoms. The lowest BCUT2D eigenvalue weighted by molar-refractivity contribution is -0.0120. The summed E-state index contributed by atoms with van der Waals surface area (Å²) in [6, 6.07) is 16.3. The van der Waals surface area contributed by atoms with Crippen LogP contribution in [-0.2, 0) is 34.7 Å². The Morgan fingerprint density at radius 2 is 1.47 bits per heavy atom. The maximum atomic E-state index is 12.6. The van der Waals surface area contributed by atoms with E-state index >= 15 is 0 Å². The predicted molar refractivity (Wildman–Crippen MR) is 296 cm³/mol. The number of likely N-dealkylation sites (tertiary alicyclic amines) is 1. The van der Waals surface area contributed by atoms with Crippen LogP contribution in [0.25, 0.3) is 33.5 Å². The molecule has 2 aromatic carbocycles. The number of aliphatic imine (C=N–C) groups is 1. The first-order valence-electron chi connectivity index (χ1n) is 26.6. The highest BCUT2D eigenvalue weighted by Gasteiger charge is 2.55. The first-order chi connectivity index (χ1) is 36.8. The van der Waals surface area contributed by atoms with Crippen LogP contribution in [0.3, 0.4) is 0 Å². The number of piperidine rings is 2. The van der Waals surface area contributed by atoms with Crippen LogP contribution >= 0.6 is 15.9 Å². The third-order valence-electron chi connectivity index (χ3n) is 16.2. The molecule has 5 fully saturated rings. The van der Waals surface area contributed by atoms with Gasteiger partial charge in [-0.3, -0.25) is 29.4 Å². The lowest BCUT2D eigenvalue weighted by Crippen LogP contribution is -2.51. The van der Waals surface area contributed by atoms with Crippen LogP contribution in [0.2, 0.25) is 0 Å². The predicted octanol–water partition coefficient (Wildman–Crippen LogP) is 8.42. The van der Waals surface area contributed by atoms with E-state index < -0.39 is 5.60 Å². The van der Waals surface area contributed by atoms with Crippen molar-refractivity contribution in [2.45, 2.75) is 123 Å². The van der Waals surface area contributed by atoms with Crippen LogP contribution in [0.15, 0.2) is 95.2 Å². The number of H-pyrrole nitrogens is 1. The number of aromatic nitrogens is 10. The second-order valence-electron chi connectivity index (χ2n) is 23.2. The summed E-state index contributed by atoms with van der Waals surface area (Å²) in [5.74, 6) is 1.03. The molecule has 2 spiro atoms. The van der Waals surface area contributed by atoms with E-state index in [0.29, 0.717) is 48.2 Å². The maximum Gasteiger partial charge on any atom is 0.514 e. The molecule has 21 heteroatoms. The summed E-state index contributed by atoms with van der Waals surface area (Å²) >= 11 is 3.54. The lowest BCUT2D eigenvalue weighted by Gasteiger charge is -2.39. The highest BCUT2D eigenvalue weighted by molar-refractivity contribution is 9.10. The second kappa shape index (κ2) is 20.4. The molecule has 2 saturated carbocycles. The summed E-state index contributed by atoms with van der Waals surface area (Å²) in [6.45, 7) is 17.6. The average molecular weight is 1110 g/mol. The van der Waals surface area contributed by atoms with Gasteiger partial charge in [0, 0.05) is 71.4 Å². The van der Waals surface area contributed by atoms with Gasteiger partial charge in [0.2, 0.25) is 11.8 Å². The SMILES string of the molecule is CC(C)(C)OC(=O)N1CCC2(CC2)[C@@H](Oc2cncc(C3=NCc4ccc(Br)cc43)n2)C1.Cn1nccc1-c1ccc2[nH]nc(-c3cncc(O[C@H]4CNCCC45CC5)n3)c2c1.Cn1nccc1B1OC(C)(C)C(C)(C)O1. The molecule has 4 aliphatic heterocycles. The fourth-order valence-electron chi connectivity index (χ4n) is 10.5. The first-order valence-corrected chi connectivity index (χ1v) is 27.4. The fraction of sp³-hybridized carbons (Fsp3) is 0.482. The van der Waals surface area contributed by atoms with E-state index in [0.717, 1.165) is 81.5 Å². The number of aryl methyl sites for hydroxylation is 2. The van der Waals surface area contributed by atoms with Crippen molar-refractivity contribution in [3.8, 4) is 34.4 Å². The van der Waals surface area contributed by atoms with Gasteiger partial charge in [-0.15, -0.1) is 0 Å². The van der Waals surface area contributed by atoms with Crippen LogP contribution in [-0.4, -0.2) is 129 Å². The Kier molecular flexibility index (Phi) is 13.9. The number of carbonyl (C=O) groups excluding carboxylic acids is 1. The zero-order valence-electron chi connectivity index (χ0n) is 45.3. The molecule has 0 radical (unpaired) electrons. The molecule has 19 nitrogen and oxygen atoms in total. The number of benzene rings is 2. The standard InChI is InChI=1S/C24H27BrN4O3.C22H23N7O.C10H17BN2O2/c1-23(2,3)32-22(30)29-9-8-24(6-7-24)19(14-29)31-20-13-26-12-18(28-20)21-17-10-16(25)5-4-15(17)11-27-21;1-29-18(4-8-25-29)14-2-3-16-15(10-14)21(28-27-16)17-11-24-13-20(26-17)30-19-12-23-9-7-22(19)5-6-22;1-9(2)10(3,4)15-11(14-9)8-6-7-12-13(8)5/h4-5,10,12-13,19H,6-9,11,14H2,1-3H3;2-4,8,10-11,13,19,23H,5-7,9,12H2,1H3,(H,27,28);6-7H,1-5H3/t2*19-;/m00./s1. The smallest absolute Gasteiger partial charge is 0.471 e. The molecule has 3 saturated heterocycles. The highest BCUT2D eigenvalue weighted by atomic mass is 79.9. The summed E-state index contributed by atoms with van der Waals surface area (Å²) < 4.78 is 34.7. The van der Waals surface area contributed by atoms with Gasteiger partial charge in [0.15, 0.2) is 0 Å². The number of nitrogens with one attached hydrogen (secondary N) is 2. The fourth-order valence-corrected chi connectivity index (χ4v) is 10.9. The second-order valence-corrected chi connectivity index (χ2v) is 24.1. The summed E-state index contributed by atoms with van der Waals surface area (Å²) in [6.07, 6.45) is 16.9. The Labute approximate surface area is 457 Å². The number of halogens is 1. The number of fused-ring (bicyclic) bond motifs is 2. The largest absolute Gasteiger partial charge is 0.514 e. The summed E-state index contributed by atoms with van der Waals surface area (Å²) in [7, 11) is 3.51. The quantitative estimate of drug-likeness (QED) is 0.137. The van der Waals surface area contributed by atoms with Crippen LogP contribution in [0, 0.1) is 10.8 Å². The number of ether oxygens (including phenoxy) is 3. The van der Waals surface area contributed by atoms with Crippen molar-refractivity contribution in [3.05, 3.63) is 107 Å². The monoisotopic (exact) mass is 1110 g/mol. The molecule has 9 heterocycles. The van der Waals surface area contributed by atoms with Crippen molar-refractivity contribution in [1.29, 1.82) is 0 Å². The summed E-state index contributed by atoms with van der Waals surface area (Å²) in [4.78, 5) is 37.3. The van der Waals surface area contributed by atoms with Gasteiger partial charge >= 0.3 is 13.2 Å². The van der Waals surface area contributed by atoms with E-state index in [4.69, 9.17) is 33.5 Å². The number of carbonyl (C=O) groups is 1. The van der Waals surface area contributed by atoms with E-state index in [1.807, 2.05) is 91.5 Å². The zero-order valence-corrected chi connectivity index (χ0v) is 46.9. The van der Waals surface area contributed by atoms with Gasteiger partial charge in [0.1, 0.15) is 34.9 Å². The minimum atomic E-state index is -0.519. The van der Waals surface area contributed by atoms with Gasteiger partial charge in [-0.1, -0.05) is 28.1 Å². The van der Waals surface area contributed by atoms with E-state index in [2.05, 4.69) is 80.9 Å². The third-order valence-corrected chi connectivity index (χ3v) is 16.7. The Morgan fingerprint density at radius 3 is 2.14 bits per heavy atom. The van der Waals surface area contributed by atoms with Gasteiger partial charge in [-0.25, -0.2) is 14.8 Å². The Hall–Kier alpha value is -6.55. The normalized spacial score (nSPS) is 21.1. The molecule has 2 aliphatic carbocycles. The molecular weight excluding hydrogens is 1040 g/mol. The Morgan fingerprint density at radius 1 is 0.792 bits per heavy atom. The number of amides is 1. The van der Waals surface area contributed by atoms with Crippen molar-refractivity contribution in [2.75, 3.05) is 26.2 Å². The molecule has 2 N–H and O–H groups in total. The zero-order chi connectivity index (χ0) is 53.9. The van der Waals surface area contributed by atoms with E-state index in [1.54, 1.807) is 46.8 Å². The molecule has 2 atom stereocenters. The van der Waals surface area contributed by atoms with Gasteiger partial charge in [0.05, 0.1) is 71.6 Å². The molecule has 1 amide bonds. The number of aromatic amines is 1. The number of rotatable bonds is 8. The number of hydrogen-bond donors (Lipinski definition) is 2. The molecule has 13 rings (SSSR count). The van der Waals surface area contributed by atoms with Crippen LogP contribution in [0.5, 0.6) is 11.8 Å². The van der Waals surface area contributed by atoms with Crippen molar-refractivity contribution < 1.29 is 28.3 Å². The lowest BCUT2D eigenvalue weighted by atomic mass is 9.85. The molecule has 5 aromatic heterocycles. The molecule has 402 valence electrons. The highest BCUT2D eigenvalue weighted by Crippen LogP contribution is 2.55. The van der Waals surface area contributed by atoms with Gasteiger partial charge in [-0.2, -0.15) is 15.3 Å². The van der Waals surface area contributed by atoms with Gasteiger partial charge in [-0.05, 0) is 135 Å². The molecule has 7 aromatic rings. The topological polar surface area (TPSA) is 207 Å². The van der Waals surface area contributed by atoms with Crippen LogP contribution in [0.4, 0.5) is 4.79 Å². The minimum Gasteiger partial charge on any atom is -0.471 e. The van der Waals surface area contributed by atoms with Gasteiger partial charge < -0.3 is 33.7 Å². The molecular formula is C56H67BBrN13O6. The Bertz CT molecular complexity index is 3320. The average Bonchev–Trinajstić information content (AvgIpc) is 4.04. The summed E-state index contributed by atoms with van der Waals surface area (Å²) in [5, 5.41) is 20.5. The van der Waals surface area contributed by atoms with E-state index in [9.17, 15) is 4.79 Å². The first kappa shape index (κ1) is 52.5. The molecule has 77 heavy (non-hydrogen) atoms. The van der Waals surface area contributed by atoms with Crippen molar-refractivity contribution in [1.82, 2.24) is 59.9 Å². The van der Waals surface area contributed by atoms with Crippen molar-refractivity contribution in [2.24, 2.45) is 29.9 Å². The minimum absolute atomic E-state index is 0.124. The third kappa shape index (κ3) is 11.0. The summed E-state index contributed by atoms with van der Waals surface area (Å²) in [5.41, 5.74) is 8.64. The van der Waals surface area contributed by atoms with E-state index in [1.165, 1.54) is 24.8 Å². The number of nitrogens with zero attached hydrogens (tertiary/aromatic N) is 11. The molecule has 6 aliphatic rings. The van der Waals surface area contributed by atoms with E-state index in [-0.39, 0.29) is 42.0 Å². The van der Waals surface area contributed by atoms with Crippen molar-refractivity contribution >= 4 is 51.3 Å². The van der Waals surface area contributed by atoms with Crippen molar-refractivity contribution in [3.63, 3.8) is 0 Å². The van der Waals surface area contributed by atoms with Crippen LogP contribution < -0.4 is 20.4 Å². The number of hydrogen-bond acceptors (Lipinski definition) is 15.